The fourth-order valence-electron chi connectivity index (χ4n) is 4.46. The summed E-state index contributed by atoms with van der Waals surface area (Å²) in [6.07, 6.45) is 4.81. The maximum Gasteiger partial charge on any atom is 0.227 e. The van der Waals surface area contributed by atoms with Crippen molar-refractivity contribution in [3.63, 3.8) is 0 Å². The van der Waals surface area contributed by atoms with Gasteiger partial charge in [-0.2, -0.15) is 0 Å². The van der Waals surface area contributed by atoms with Gasteiger partial charge in [-0.3, -0.25) is 9.59 Å². The molecule has 0 aromatic heterocycles. The second-order valence-electron chi connectivity index (χ2n) is 8.81. The van der Waals surface area contributed by atoms with E-state index < -0.39 is 0 Å². The Morgan fingerprint density at radius 3 is 2.31 bits per heavy atom. The van der Waals surface area contributed by atoms with Crippen molar-refractivity contribution in [2.75, 3.05) is 59.0 Å². The number of piperidine rings is 1. The Kier molecular flexibility index (Phi) is 8.61. The number of ether oxygens (including phenoxy) is 3. The Labute approximate surface area is 191 Å². The highest BCUT2D eigenvalue weighted by Crippen LogP contribution is 2.42. The van der Waals surface area contributed by atoms with Crippen LogP contribution in [0.4, 0.5) is 5.69 Å². The van der Waals surface area contributed by atoms with Gasteiger partial charge < -0.3 is 29.3 Å². The standard InChI is InChI=1S/C24H37N3O5/c1-17-7-11-26(12-8-17)10-6-5-9-25-24(29)18-13-22(28)27(16-18)19-14-20(30-2)23(32-4)21(15-19)31-3/h14-15,17-18H,5-13,16H2,1-4H3,(H,25,29). The zero-order valence-electron chi connectivity index (χ0n) is 19.8. The van der Waals surface area contributed by atoms with Crippen LogP contribution in [0.3, 0.4) is 0 Å². The number of carbonyl (C=O) groups is 2. The summed E-state index contributed by atoms with van der Waals surface area (Å²) in [5.41, 5.74) is 0.635. The molecule has 0 saturated carbocycles. The lowest BCUT2D eigenvalue weighted by Gasteiger charge is -2.30. The third-order valence-corrected chi connectivity index (χ3v) is 6.53. The van der Waals surface area contributed by atoms with Crippen molar-refractivity contribution in [2.45, 2.75) is 39.0 Å². The minimum Gasteiger partial charge on any atom is -0.493 e. The molecule has 2 amide bonds. The molecule has 1 N–H and O–H groups in total. The molecule has 2 aliphatic heterocycles. The summed E-state index contributed by atoms with van der Waals surface area (Å²) in [7, 11) is 4.61. The van der Waals surface area contributed by atoms with Crippen LogP contribution in [-0.2, 0) is 9.59 Å². The molecule has 1 unspecified atom stereocenters. The first-order valence-corrected chi connectivity index (χ1v) is 11.6. The molecule has 3 rings (SSSR count). The monoisotopic (exact) mass is 447 g/mol. The van der Waals surface area contributed by atoms with Crippen LogP contribution in [0, 0.1) is 11.8 Å². The van der Waals surface area contributed by atoms with Crippen molar-refractivity contribution in [1.29, 1.82) is 0 Å². The lowest BCUT2D eigenvalue weighted by molar-refractivity contribution is -0.126. The Morgan fingerprint density at radius 1 is 1.06 bits per heavy atom. The fraction of sp³-hybridized carbons (Fsp3) is 0.667. The second-order valence-corrected chi connectivity index (χ2v) is 8.81. The quantitative estimate of drug-likeness (QED) is 0.556. The van der Waals surface area contributed by atoms with Crippen LogP contribution in [0.5, 0.6) is 17.2 Å². The number of nitrogens with zero attached hydrogens (tertiary/aromatic N) is 2. The van der Waals surface area contributed by atoms with Crippen LogP contribution >= 0.6 is 0 Å². The number of methoxy groups -OCH3 is 3. The van der Waals surface area contributed by atoms with Gasteiger partial charge in [-0.15, -0.1) is 0 Å². The van der Waals surface area contributed by atoms with E-state index in [9.17, 15) is 9.59 Å². The van der Waals surface area contributed by atoms with Gasteiger partial charge in [-0.05, 0) is 51.2 Å². The number of nitrogens with one attached hydrogen (secondary N) is 1. The third kappa shape index (κ3) is 5.85. The van der Waals surface area contributed by atoms with Gasteiger partial charge in [0.2, 0.25) is 17.6 Å². The largest absolute Gasteiger partial charge is 0.493 e. The van der Waals surface area contributed by atoms with Gasteiger partial charge in [0.1, 0.15) is 0 Å². The maximum absolute atomic E-state index is 12.6. The molecule has 1 atom stereocenters. The topological polar surface area (TPSA) is 80.3 Å². The van der Waals surface area contributed by atoms with E-state index in [1.165, 1.54) is 47.3 Å². The van der Waals surface area contributed by atoms with Crippen molar-refractivity contribution in [1.82, 2.24) is 10.2 Å². The van der Waals surface area contributed by atoms with E-state index >= 15 is 0 Å². The summed E-state index contributed by atoms with van der Waals surface area (Å²) in [5.74, 6) is 1.78. The summed E-state index contributed by atoms with van der Waals surface area (Å²) in [6.45, 7) is 6.79. The van der Waals surface area contributed by atoms with Crippen molar-refractivity contribution in [2.24, 2.45) is 11.8 Å². The van der Waals surface area contributed by atoms with Gasteiger partial charge in [0.25, 0.3) is 0 Å². The average Bonchev–Trinajstić information content (AvgIpc) is 3.20. The highest BCUT2D eigenvalue weighted by molar-refractivity contribution is 6.00. The summed E-state index contributed by atoms with van der Waals surface area (Å²) in [5, 5.41) is 3.02. The van der Waals surface area contributed by atoms with Crippen molar-refractivity contribution in [3.05, 3.63) is 12.1 Å². The molecule has 178 valence electrons. The number of likely N-dealkylation sites (tertiary alicyclic amines) is 1. The van der Waals surface area contributed by atoms with Crippen LogP contribution in [-0.4, -0.2) is 70.8 Å². The number of carbonyl (C=O) groups excluding carboxylic acids is 2. The number of hydrogen-bond acceptors (Lipinski definition) is 6. The Balaban J connectivity index is 1.48. The average molecular weight is 448 g/mol. The Bertz CT molecular complexity index is 767. The van der Waals surface area contributed by atoms with Crippen molar-refractivity contribution < 1.29 is 23.8 Å². The van der Waals surface area contributed by atoms with E-state index in [1.54, 1.807) is 17.0 Å². The number of hydrogen-bond donors (Lipinski definition) is 1. The minimum atomic E-state index is -0.356. The summed E-state index contributed by atoms with van der Waals surface area (Å²) >= 11 is 0. The molecule has 0 spiro atoms. The van der Waals surface area contributed by atoms with E-state index in [4.69, 9.17) is 14.2 Å². The second kappa shape index (κ2) is 11.4. The van der Waals surface area contributed by atoms with Crippen LogP contribution in [0.25, 0.3) is 0 Å². The first-order valence-electron chi connectivity index (χ1n) is 11.6. The van der Waals surface area contributed by atoms with Gasteiger partial charge >= 0.3 is 0 Å². The molecule has 8 nitrogen and oxygen atoms in total. The summed E-state index contributed by atoms with van der Waals surface area (Å²) < 4.78 is 16.1. The van der Waals surface area contributed by atoms with Crippen LogP contribution in [0.2, 0.25) is 0 Å². The Morgan fingerprint density at radius 2 is 1.72 bits per heavy atom. The van der Waals surface area contributed by atoms with Crippen LogP contribution < -0.4 is 24.4 Å². The number of amides is 2. The molecule has 32 heavy (non-hydrogen) atoms. The molecule has 2 fully saturated rings. The number of benzene rings is 1. The molecule has 0 radical (unpaired) electrons. The first-order chi connectivity index (χ1) is 15.5. The van der Waals surface area contributed by atoms with E-state index in [-0.39, 0.29) is 24.2 Å². The van der Waals surface area contributed by atoms with E-state index in [0.29, 0.717) is 36.0 Å². The first kappa shape index (κ1) is 24.2. The van der Waals surface area contributed by atoms with Gasteiger partial charge in [0.05, 0.1) is 32.9 Å². The lowest BCUT2D eigenvalue weighted by atomic mass is 9.99. The van der Waals surface area contributed by atoms with Gasteiger partial charge in [0, 0.05) is 31.6 Å². The minimum absolute atomic E-state index is 0.0555. The SMILES string of the molecule is COc1cc(N2CC(C(=O)NCCCCN3CCC(C)CC3)CC2=O)cc(OC)c1OC. The molecule has 2 saturated heterocycles. The molecular weight excluding hydrogens is 410 g/mol. The predicted molar refractivity (Wildman–Crippen MR) is 124 cm³/mol. The van der Waals surface area contributed by atoms with E-state index in [0.717, 1.165) is 25.3 Å². The highest BCUT2D eigenvalue weighted by Gasteiger charge is 2.35. The molecule has 8 heteroatoms. The van der Waals surface area contributed by atoms with Crippen molar-refractivity contribution >= 4 is 17.5 Å². The van der Waals surface area contributed by atoms with Gasteiger partial charge in [0.15, 0.2) is 11.5 Å². The lowest BCUT2D eigenvalue weighted by Crippen LogP contribution is -2.35. The zero-order chi connectivity index (χ0) is 23.1. The fourth-order valence-corrected chi connectivity index (χ4v) is 4.46. The molecule has 2 aliphatic rings. The zero-order valence-corrected chi connectivity index (χ0v) is 19.8. The van der Waals surface area contributed by atoms with Gasteiger partial charge in [-0.1, -0.05) is 6.92 Å². The van der Waals surface area contributed by atoms with Crippen LogP contribution in [0.15, 0.2) is 12.1 Å². The van der Waals surface area contributed by atoms with Crippen LogP contribution in [0.1, 0.15) is 39.0 Å². The smallest absolute Gasteiger partial charge is 0.227 e. The normalized spacial score (nSPS) is 19.8. The Hall–Kier alpha value is -2.48. The van der Waals surface area contributed by atoms with E-state index in [1.807, 2.05) is 0 Å². The van der Waals surface area contributed by atoms with Gasteiger partial charge in [-0.25, -0.2) is 0 Å². The molecule has 1 aromatic carbocycles. The number of anilines is 1. The van der Waals surface area contributed by atoms with Crippen molar-refractivity contribution in [3.8, 4) is 17.2 Å². The van der Waals surface area contributed by atoms with E-state index in [2.05, 4.69) is 17.1 Å². The number of rotatable bonds is 10. The third-order valence-electron chi connectivity index (χ3n) is 6.53. The predicted octanol–water partition coefficient (Wildman–Crippen LogP) is 2.69. The molecule has 1 aromatic rings. The molecule has 0 bridgehead atoms. The molecular formula is C24H37N3O5. The maximum atomic E-state index is 12.6. The molecule has 2 heterocycles. The summed E-state index contributed by atoms with van der Waals surface area (Å²) in [4.78, 5) is 29.4. The highest BCUT2D eigenvalue weighted by atomic mass is 16.5. The summed E-state index contributed by atoms with van der Waals surface area (Å²) in [6, 6.07) is 3.47. The number of unbranched alkanes of at least 4 members (excludes halogenated alkanes) is 1. The molecule has 0 aliphatic carbocycles.